The Hall–Kier alpha value is -1.64. The molecule has 0 heterocycles. The normalized spacial score (nSPS) is 9.06. The second kappa shape index (κ2) is 7.60. The van der Waals surface area contributed by atoms with Crippen molar-refractivity contribution in [3.8, 4) is 17.6 Å². The zero-order chi connectivity index (χ0) is 12.5. The zero-order valence-corrected chi connectivity index (χ0v) is 10.2. The van der Waals surface area contributed by atoms with Gasteiger partial charge in [-0.05, 0) is 12.1 Å². The van der Waals surface area contributed by atoms with Gasteiger partial charge in [-0.2, -0.15) is 12.6 Å². The quantitative estimate of drug-likeness (QED) is 0.243. The van der Waals surface area contributed by atoms with E-state index < -0.39 is 0 Å². The third kappa shape index (κ3) is 4.81. The maximum Gasteiger partial charge on any atom is 0.271 e. The largest absolute Gasteiger partial charge is 0.482 e. The number of ether oxygens (including phenoxy) is 1. The first-order valence-electron chi connectivity index (χ1n) is 5.09. The summed E-state index contributed by atoms with van der Waals surface area (Å²) in [6.07, 6.45) is 0.709. The Labute approximate surface area is 106 Å². The summed E-state index contributed by atoms with van der Waals surface area (Å²) in [6, 6.07) is 7.27. The van der Waals surface area contributed by atoms with Gasteiger partial charge >= 0.3 is 0 Å². The SMILES string of the molecule is NNC(=O)COc1ccccc1C#CCCS. The van der Waals surface area contributed by atoms with E-state index in [9.17, 15) is 4.79 Å². The molecule has 3 N–H and O–H groups in total. The van der Waals surface area contributed by atoms with Gasteiger partial charge in [-0.3, -0.25) is 10.2 Å². The molecule has 0 spiro atoms. The van der Waals surface area contributed by atoms with Gasteiger partial charge in [0.25, 0.3) is 5.91 Å². The highest BCUT2D eigenvalue weighted by Crippen LogP contribution is 2.16. The number of nitrogens with two attached hydrogens (primary N) is 1. The van der Waals surface area contributed by atoms with Crippen molar-refractivity contribution in [3.63, 3.8) is 0 Å². The highest BCUT2D eigenvalue weighted by Gasteiger charge is 2.03. The van der Waals surface area contributed by atoms with Crippen LogP contribution in [-0.2, 0) is 4.79 Å². The number of hydrogen-bond donors (Lipinski definition) is 3. The summed E-state index contributed by atoms with van der Waals surface area (Å²) < 4.78 is 5.31. The summed E-state index contributed by atoms with van der Waals surface area (Å²) in [4.78, 5) is 10.9. The van der Waals surface area contributed by atoms with E-state index in [-0.39, 0.29) is 12.5 Å². The van der Waals surface area contributed by atoms with Crippen LogP contribution >= 0.6 is 12.6 Å². The minimum absolute atomic E-state index is 0.123. The Balaban J connectivity index is 2.71. The van der Waals surface area contributed by atoms with E-state index in [1.165, 1.54) is 0 Å². The number of carbonyl (C=O) groups excluding carboxylic acids is 1. The summed E-state index contributed by atoms with van der Waals surface area (Å²) in [6.45, 7) is -0.123. The Kier molecular flexibility index (Phi) is 6.00. The molecule has 0 saturated heterocycles. The molecule has 0 bridgehead atoms. The van der Waals surface area contributed by atoms with Crippen LogP contribution in [0.1, 0.15) is 12.0 Å². The van der Waals surface area contributed by atoms with Crippen molar-refractivity contribution in [3.05, 3.63) is 29.8 Å². The average Bonchev–Trinajstić information content (AvgIpc) is 2.37. The summed E-state index contributed by atoms with van der Waals surface area (Å²) in [5.41, 5.74) is 2.75. The van der Waals surface area contributed by atoms with Crippen LogP contribution in [0.3, 0.4) is 0 Å². The monoisotopic (exact) mass is 250 g/mol. The van der Waals surface area contributed by atoms with Gasteiger partial charge in [0.05, 0.1) is 5.56 Å². The van der Waals surface area contributed by atoms with Crippen molar-refractivity contribution in [2.75, 3.05) is 12.4 Å². The molecule has 1 aromatic carbocycles. The third-order valence-corrected chi connectivity index (χ3v) is 2.09. The maximum atomic E-state index is 10.9. The molecule has 17 heavy (non-hydrogen) atoms. The fourth-order valence-electron chi connectivity index (χ4n) is 1.09. The Morgan fingerprint density at radius 1 is 1.47 bits per heavy atom. The van der Waals surface area contributed by atoms with Crippen LogP contribution in [0, 0.1) is 11.8 Å². The van der Waals surface area contributed by atoms with Gasteiger partial charge in [0.2, 0.25) is 0 Å². The standard InChI is InChI=1S/C12H14N2O2S/c13-14-12(15)9-16-11-7-2-1-5-10(11)6-3-4-8-17/h1-2,5,7,17H,4,8-9,13H2,(H,14,15). The van der Waals surface area contributed by atoms with Crippen LogP contribution < -0.4 is 16.0 Å². The first kappa shape index (κ1) is 13.4. The molecule has 1 amide bonds. The smallest absolute Gasteiger partial charge is 0.271 e. The lowest BCUT2D eigenvalue weighted by molar-refractivity contribution is -0.123. The molecular formula is C12H14N2O2S. The van der Waals surface area contributed by atoms with Crippen LogP contribution in [0.4, 0.5) is 0 Å². The second-order valence-electron chi connectivity index (χ2n) is 3.13. The number of para-hydroxylation sites is 1. The topological polar surface area (TPSA) is 64.3 Å². The van der Waals surface area contributed by atoms with E-state index in [0.29, 0.717) is 17.9 Å². The molecule has 0 radical (unpaired) electrons. The molecule has 0 atom stereocenters. The van der Waals surface area contributed by atoms with Gasteiger partial charge < -0.3 is 4.74 Å². The average molecular weight is 250 g/mol. The van der Waals surface area contributed by atoms with E-state index in [4.69, 9.17) is 10.6 Å². The number of carbonyl (C=O) groups is 1. The first-order valence-corrected chi connectivity index (χ1v) is 5.72. The fourth-order valence-corrected chi connectivity index (χ4v) is 1.21. The van der Waals surface area contributed by atoms with E-state index in [0.717, 1.165) is 5.56 Å². The van der Waals surface area contributed by atoms with E-state index >= 15 is 0 Å². The first-order chi connectivity index (χ1) is 8.27. The molecule has 1 aromatic rings. The van der Waals surface area contributed by atoms with Gasteiger partial charge in [-0.15, -0.1) is 0 Å². The second-order valence-corrected chi connectivity index (χ2v) is 3.57. The van der Waals surface area contributed by atoms with Crippen molar-refractivity contribution < 1.29 is 9.53 Å². The lowest BCUT2D eigenvalue weighted by atomic mass is 10.2. The zero-order valence-electron chi connectivity index (χ0n) is 9.27. The van der Waals surface area contributed by atoms with E-state index in [2.05, 4.69) is 24.5 Å². The summed E-state index contributed by atoms with van der Waals surface area (Å²) in [7, 11) is 0. The third-order valence-electron chi connectivity index (χ3n) is 1.87. The van der Waals surface area contributed by atoms with Crippen LogP contribution in [0.5, 0.6) is 5.75 Å². The Bertz CT molecular complexity index is 438. The highest BCUT2D eigenvalue weighted by molar-refractivity contribution is 7.80. The number of thiol groups is 1. The molecule has 90 valence electrons. The van der Waals surface area contributed by atoms with E-state index in [1.807, 2.05) is 23.6 Å². The number of benzene rings is 1. The molecule has 0 saturated carbocycles. The van der Waals surface area contributed by atoms with Crippen LogP contribution in [0.25, 0.3) is 0 Å². The lowest BCUT2D eigenvalue weighted by Crippen LogP contribution is -2.34. The highest BCUT2D eigenvalue weighted by atomic mass is 32.1. The molecule has 1 rings (SSSR count). The molecule has 0 aliphatic rings. The Morgan fingerprint density at radius 2 is 2.24 bits per heavy atom. The minimum atomic E-state index is -0.386. The predicted molar refractivity (Wildman–Crippen MR) is 69.6 cm³/mol. The number of amides is 1. The number of hydrogen-bond acceptors (Lipinski definition) is 4. The van der Waals surface area contributed by atoms with Crippen molar-refractivity contribution in [2.24, 2.45) is 5.84 Å². The molecule has 0 fully saturated rings. The van der Waals surface area contributed by atoms with Gasteiger partial charge in [-0.1, -0.05) is 24.0 Å². The van der Waals surface area contributed by atoms with Crippen LogP contribution in [0.15, 0.2) is 24.3 Å². The fraction of sp³-hybridized carbons (Fsp3) is 0.250. The minimum Gasteiger partial charge on any atom is -0.482 e. The molecule has 0 unspecified atom stereocenters. The molecule has 0 aliphatic heterocycles. The van der Waals surface area contributed by atoms with Crippen molar-refractivity contribution >= 4 is 18.5 Å². The molecule has 4 nitrogen and oxygen atoms in total. The number of nitrogens with one attached hydrogen (secondary N) is 1. The van der Waals surface area contributed by atoms with Gasteiger partial charge in [-0.25, -0.2) is 5.84 Å². The molecule has 0 aromatic heterocycles. The van der Waals surface area contributed by atoms with Crippen LogP contribution in [0.2, 0.25) is 0 Å². The van der Waals surface area contributed by atoms with Gasteiger partial charge in [0.1, 0.15) is 5.75 Å². The van der Waals surface area contributed by atoms with E-state index in [1.54, 1.807) is 6.07 Å². The Morgan fingerprint density at radius 3 is 2.94 bits per heavy atom. The number of rotatable bonds is 4. The lowest BCUT2D eigenvalue weighted by Gasteiger charge is -2.06. The molecule has 5 heteroatoms. The number of hydrazine groups is 1. The van der Waals surface area contributed by atoms with Crippen molar-refractivity contribution in [2.45, 2.75) is 6.42 Å². The summed E-state index contributed by atoms with van der Waals surface area (Å²) in [5.74, 6) is 11.8. The maximum absolute atomic E-state index is 10.9. The predicted octanol–water partition coefficient (Wildman–Crippen LogP) is 0.727. The van der Waals surface area contributed by atoms with Crippen molar-refractivity contribution in [1.82, 2.24) is 5.43 Å². The van der Waals surface area contributed by atoms with Crippen LogP contribution in [-0.4, -0.2) is 18.3 Å². The van der Waals surface area contributed by atoms with Gasteiger partial charge in [0.15, 0.2) is 6.61 Å². The molecule has 0 aliphatic carbocycles. The summed E-state index contributed by atoms with van der Waals surface area (Å²) >= 11 is 4.07. The summed E-state index contributed by atoms with van der Waals surface area (Å²) in [5, 5.41) is 0. The van der Waals surface area contributed by atoms with Gasteiger partial charge in [0, 0.05) is 12.2 Å². The van der Waals surface area contributed by atoms with Crippen molar-refractivity contribution in [1.29, 1.82) is 0 Å². The molecular weight excluding hydrogens is 236 g/mol.